The van der Waals surface area contributed by atoms with E-state index in [-0.39, 0.29) is 16.6 Å². The summed E-state index contributed by atoms with van der Waals surface area (Å²) in [6, 6.07) is 11.1. The van der Waals surface area contributed by atoms with Crippen LogP contribution in [0.3, 0.4) is 0 Å². The van der Waals surface area contributed by atoms with Crippen LogP contribution in [0, 0.1) is 11.7 Å². The molecule has 0 atom stereocenters. The molecule has 0 saturated heterocycles. The quantitative estimate of drug-likeness (QED) is 0.941. The SMILES string of the molecule is CC(C)Cc1c(F)cccc1-c1ccccc1S(N)(=O)=O. The molecule has 2 N–H and O–H groups in total. The van der Waals surface area contributed by atoms with E-state index in [0.717, 1.165) is 0 Å². The molecule has 0 radical (unpaired) electrons. The number of sulfonamides is 1. The molecule has 2 aromatic carbocycles. The van der Waals surface area contributed by atoms with Gasteiger partial charge >= 0.3 is 0 Å². The van der Waals surface area contributed by atoms with Gasteiger partial charge in [0.1, 0.15) is 5.82 Å². The van der Waals surface area contributed by atoms with Crippen LogP contribution in [0.25, 0.3) is 11.1 Å². The fourth-order valence-electron chi connectivity index (χ4n) is 2.36. The molecular formula is C16H18FNO2S. The van der Waals surface area contributed by atoms with E-state index in [1.807, 2.05) is 13.8 Å². The summed E-state index contributed by atoms with van der Waals surface area (Å²) < 4.78 is 37.6. The minimum absolute atomic E-state index is 0.0145. The molecule has 112 valence electrons. The lowest BCUT2D eigenvalue weighted by Gasteiger charge is -2.15. The molecule has 0 aliphatic rings. The second kappa shape index (κ2) is 5.95. The van der Waals surface area contributed by atoms with Crippen LogP contribution in [-0.4, -0.2) is 8.42 Å². The molecule has 0 saturated carbocycles. The number of hydrogen-bond acceptors (Lipinski definition) is 2. The highest BCUT2D eigenvalue weighted by Gasteiger charge is 2.18. The Balaban J connectivity index is 2.72. The lowest BCUT2D eigenvalue weighted by molar-refractivity contribution is 0.575. The van der Waals surface area contributed by atoms with Crippen LogP contribution in [0.15, 0.2) is 47.4 Å². The molecule has 0 fully saturated rings. The van der Waals surface area contributed by atoms with Crippen LogP contribution in [0.4, 0.5) is 4.39 Å². The van der Waals surface area contributed by atoms with Crippen LogP contribution in [0.1, 0.15) is 19.4 Å². The molecule has 5 heteroatoms. The van der Waals surface area contributed by atoms with Crippen molar-refractivity contribution in [3.8, 4) is 11.1 Å². The Hall–Kier alpha value is -1.72. The molecule has 0 amide bonds. The number of hydrogen-bond donors (Lipinski definition) is 1. The van der Waals surface area contributed by atoms with Crippen LogP contribution in [0.2, 0.25) is 0 Å². The maximum Gasteiger partial charge on any atom is 0.238 e. The van der Waals surface area contributed by atoms with Crippen molar-refractivity contribution in [2.75, 3.05) is 0 Å². The van der Waals surface area contributed by atoms with E-state index < -0.39 is 10.0 Å². The van der Waals surface area contributed by atoms with Gasteiger partial charge in [0.25, 0.3) is 0 Å². The van der Waals surface area contributed by atoms with Crippen molar-refractivity contribution < 1.29 is 12.8 Å². The molecule has 3 nitrogen and oxygen atoms in total. The zero-order chi connectivity index (χ0) is 15.6. The molecule has 2 aromatic rings. The van der Waals surface area contributed by atoms with Gasteiger partial charge in [-0.15, -0.1) is 0 Å². The van der Waals surface area contributed by atoms with Gasteiger partial charge in [-0.05, 0) is 35.6 Å². The van der Waals surface area contributed by atoms with E-state index in [1.165, 1.54) is 12.1 Å². The number of halogens is 1. The Kier molecular flexibility index (Phi) is 4.44. The third-order valence-corrected chi connectivity index (χ3v) is 4.18. The number of nitrogens with two attached hydrogens (primary N) is 1. The second-order valence-electron chi connectivity index (χ2n) is 5.41. The standard InChI is InChI=1S/C16H18FNO2S/c1-11(2)10-14-12(7-5-8-15(14)17)13-6-3-4-9-16(13)21(18,19)20/h3-9,11H,10H2,1-2H3,(H2,18,19,20). The Morgan fingerprint density at radius 1 is 1.05 bits per heavy atom. The lowest BCUT2D eigenvalue weighted by Crippen LogP contribution is -2.14. The Bertz CT molecular complexity index is 755. The van der Waals surface area contributed by atoms with Gasteiger partial charge in [-0.1, -0.05) is 44.2 Å². The van der Waals surface area contributed by atoms with Crippen LogP contribution in [0.5, 0.6) is 0 Å². The Labute approximate surface area is 124 Å². The summed E-state index contributed by atoms with van der Waals surface area (Å²) >= 11 is 0. The summed E-state index contributed by atoms with van der Waals surface area (Å²) in [6.45, 7) is 3.98. The fraction of sp³-hybridized carbons (Fsp3) is 0.250. The average Bonchev–Trinajstić information content (AvgIpc) is 2.40. The summed E-state index contributed by atoms with van der Waals surface area (Å²) in [4.78, 5) is 0.0145. The normalized spacial score (nSPS) is 11.9. The first-order chi connectivity index (χ1) is 9.80. The summed E-state index contributed by atoms with van der Waals surface area (Å²) in [5.41, 5.74) is 1.53. The van der Waals surface area contributed by atoms with Gasteiger partial charge in [-0.3, -0.25) is 0 Å². The highest BCUT2D eigenvalue weighted by atomic mass is 32.2. The smallest absolute Gasteiger partial charge is 0.225 e. The minimum atomic E-state index is -3.86. The van der Waals surface area contributed by atoms with Gasteiger partial charge in [0.15, 0.2) is 0 Å². The second-order valence-corrected chi connectivity index (χ2v) is 6.93. The molecule has 0 aliphatic heterocycles. The molecule has 0 aliphatic carbocycles. The van der Waals surface area contributed by atoms with E-state index in [2.05, 4.69) is 0 Å². The van der Waals surface area contributed by atoms with Crippen molar-refractivity contribution >= 4 is 10.0 Å². The largest absolute Gasteiger partial charge is 0.238 e. The van der Waals surface area contributed by atoms with Crippen LogP contribution < -0.4 is 5.14 Å². The van der Waals surface area contributed by atoms with Gasteiger partial charge < -0.3 is 0 Å². The van der Waals surface area contributed by atoms with Gasteiger partial charge in [-0.2, -0.15) is 0 Å². The van der Waals surface area contributed by atoms with Crippen molar-refractivity contribution in [3.63, 3.8) is 0 Å². The van der Waals surface area contributed by atoms with Gasteiger partial charge in [0.05, 0.1) is 4.90 Å². The predicted molar refractivity (Wildman–Crippen MR) is 81.8 cm³/mol. The van der Waals surface area contributed by atoms with Crippen molar-refractivity contribution in [1.82, 2.24) is 0 Å². The van der Waals surface area contributed by atoms with Crippen LogP contribution in [-0.2, 0) is 16.4 Å². The lowest BCUT2D eigenvalue weighted by atomic mass is 9.93. The molecule has 0 unspecified atom stereocenters. The fourth-order valence-corrected chi connectivity index (χ4v) is 3.12. The van der Waals surface area contributed by atoms with Gasteiger partial charge in [0.2, 0.25) is 10.0 Å². The maximum atomic E-state index is 14.1. The van der Waals surface area contributed by atoms with E-state index in [0.29, 0.717) is 23.1 Å². The molecule has 21 heavy (non-hydrogen) atoms. The molecule has 0 heterocycles. The minimum Gasteiger partial charge on any atom is -0.225 e. The summed E-state index contributed by atoms with van der Waals surface area (Å²) in [7, 11) is -3.86. The zero-order valence-electron chi connectivity index (χ0n) is 12.0. The van der Waals surface area contributed by atoms with E-state index in [4.69, 9.17) is 5.14 Å². The third kappa shape index (κ3) is 3.49. The third-order valence-electron chi connectivity index (χ3n) is 3.21. The van der Waals surface area contributed by atoms with Crippen molar-refractivity contribution in [2.24, 2.45) is 11.1 Å². The Morgan fingerprint density at radius 3 is 2.29 bits per heavy atom. The van der Waals surface area contributed by atoms with E-state index in [9.17, 15) is 12.8 Å². The van der Waals surface area contributed by atoms with E-state index in [1.54, 1.807) is 30.3 Å². The Morgan fingerprint density at radius 2 is 1.67 bits per heavy atom. The molecule has 0 aromatic heterocycles. The van der Waals surface area contributed by atoms with Crippen molar-refractivity contribution in [3.05, 3.63) is 53.8 Å². The monoisotopic (exact) mass is 307 g/mol. The molecule has 0 bridgehead atoms. The first-order valence-electron chi connectivity index (χ1n) is 6.70. The highest BCUT2D eigenvalue weighted by Crippen LogP contribution is 2.32. The van der Waals surface area contributed by atoms with E-state index >= 15 is 0 Å². The summed E-state index contributed by atoms with van der Waals surface area (Å²) in [5.74, 6) is -0.0762. The van der Waals surface area contributed by atoms with Gasteiger partial charge in [0, 0.05) is 5.56 Å². The molecule has 0 spiro atoms. The summed E-state index contributed by atoms with van der Waals surface area (Å²) in [6.07, 6.45) is 0.529. The van der Waals surface area contributed by atoms with Gasteiger partial charge in [-0.25, -0.2) is 17.9 Å². The number of benzene rings is 2. The zero-order valence-corrected chi connectivity index (χ0v) is 12.8. The first-order valence-corrected chi connectivity index (χ1v) is 8.25. The predicted octanol–water partition coefficient (Wildman–Crippen LogP) is 3.34. The first kappa shape index (κ1) is 15.7. The summed E-state index contributed by atoms with van der Waals surface area (Å²) in [5, 5.41) is 5.26. The highest BCUT2D eigenvalue weighted by molar-refractivity contribution is 7.89. The molecular weight excluding hydrogens is 289 g/mol. The maximum absolute atomic E-state index is 14.1. The van der Waals surface area contributed by atoms with Crippen molar-refractivity contribution in [2.45, 2.75) is 25.2 Å². The van der Waals surface area contributed by atoms with Crippen LogP contribution >= 0.6 is 0 Å². The number of primary sulfonamides is 1. The van der Waals surface area contributed by atoms with Crippen molar-refractivity contribution in [1.29, 1.82) is 0 Å². The average molecular weight is 307 g/mol. The molecule has 2 rings (SSSR count). The topological polar surface area (TPSA) is 60.2 Å². The number of rotatable bonds is 4.